The van der Waals surface area contributed by atoms with Crippen LogP contribution in [0.25, 0.3) is 0 Å². The second-order valence-electron chi connectivity index (χ2n) is 5.60. The first-order chi connectivity index (χ1) is 9.59. The fourth-order valence-corrected chi connectivity index (χ4v) is 5.05. The Morgan fingerprint density at radius 3 is 2.38 bits per heavy atom. The first kappa shape index (κ1) is 16.7. The molecule has 0 aliphatic heterocycles. The molecule has 0 saturated heterocycles. The summed E-state index contributed by atoms with van der Waals surface area (Å²) in [4.78, 5) is -0.251. The Balaban J connectivity index is 2.35. The van der Waals surface area contributed by atoms with Crippen LogP contribution in [0.2, 0.25) is 5.02 Å². The van der Waals surface area contributed by atoms with E-state index in [4.69, 9.17) is 11.6 Å². The second kappa shape index (κ2) is 5.87. The van der Waals surface area contributed by atoms with Crippen molar-refractivity contribution in [3.8, 4) is 0 Å². The summed E-state index contributed by atoms with van der Waals surface area (Å²) in [6.07, 6.45) is 3.56. The van der Waals surface area contributed by atoms with E-state index in [9.17, 15) is 16.8 Å². The second-order valence-corrected chi connectivity index (χ2v) is 9.71. The van der Waals surface area contributed by atoms with Crippen molar-refractivity contribution >= 4 is 31.5 Å². The smallest absolute Gasteiger partial charge is 0.224 e. The predicted octanol–water partition coefficient (Wildman–Crippen LogP) is 2.21. The first-order valence-electron chi connectivity index (χ1n) is 6.61. The van der Waals surface area contributed by atoms with Gasteiger partial charge in [0.25, 0.3) is 0 Å². The van der Waals surface area contributed by atoms with Crippen molar-refractivity contribution in [3.63, 3.8) is 0 Å². The van der Waals surface area contributed by atoms with Crippen LogP contribution in [0.5, 0.6) is 0 Å². The van der Waals surface area contributed by atoms with Crippen molar-refractivity contribution in [2.75, 3.05) is 6.26 Å². The van der Waals surface area contributed by atoms with Gasteiger partial charge in [-0.3, -0.25) is 0 Å². The third-order valence-electron chi connectivity index (χ3n) is 3.64. The molecule has 0 aromatic heterocycles. The Hall–Kier alpha value is -0.630. The van der Waals surface area contributed by atoms with Crippen LogP contribution in [0.3, 0.4) is 0 Å². The molecular formula is C13H18ClNO4S2. The zero-order valence-corrected chi connectivity index (χ0v) is 14.2. The average Bonchev–Trinajstić information content (AvgIpc) is 2.72. The van der Waals surface area contributed by atoms with Gasteiger partial charge in [-0.05, 0) is 43.4 Å². The van der Waals surface area contributed by atoms with Gasteiger partial charge in [0.2, 0.25) is 10.0 Å². The van der Waals surface area contributed by atoms with Crippen molar-refractivity contribution in [1.29, 1.82) is 0 Å². The van der Waals surface area contributed by atoms with E-state index >= 15 is 0 Å². The lowest BCUT2D eigenvalue weighted by Crippen LogP contribution is -2.33. The van der Waals surface area contributed by atoms with E-state index in [1.807, 2.05) is 0 Å². The van der Waals surface area contributed by atoms with Crippen molar-refractivity contribution in [2.45, 2.75) is 42.0 Å². The number of hydrogen-bond acceptors (Lipinski definition) is 4. The Kier molecular flexibility index (Phi) is 4.68. The minimum absolute atomic E-state index is 0.0148. The molecule has 118 valence electrons. The molecule has 1 aliphatic carbocycles. The molecule has 2 atom stereocenters. The maximum absolute atomic E-state index is 12.4. The van der Waals surface area contributed by atoms with Crippen LogP contribution < -0.4 is 4.72 Å². The van der Waals surface area contributed by atoms with Crippen LogP contribution in [0.4, 0.5) is 0 Å². The van der Waals surface area contributed by atoms with Crippen LogP contribution >= 0.6 is 11.6 Å². The zero-order chi connectivity index (χ0) is 15.8. The molecule has 2 unspecified atom stereocenters. The fraction of sp³-hybridized carbons (Fsp3) is 0.538. The summed E-state index contributed by atoms with van der Waals surface area (Å²) in [5, 5.41) is 0.0148. The van der Waals surface area contributed by atoms with E-state index in [0.717, 1.165) is 31.6 Å². The van der Waals surface area contributed by atoms with Gasteiger partial charge in [-0.25, -0.2) is 21.6 Å². The van der Waals surface area contributed by atoms with Crippen LogP contribution in [-0.4, -0.2) is 29.1 Å². The Morgan fingerprint density at radius 2 is 1.86 bits per heavy atom. The Bertz CT molecular complexity index is 743. The van der Waals surface area contributed by atoms with Crippen LogP contribution in [0.1, 0.15) is 26.2 Å². The van der Waals surface area contributed by atoms with Crippen molar-refractivity contribution in [3.05, 3.63) is 23.2 Å². The van der Waals surface area contributed by atoms with Gasteiger partial charge in [0.1, 0.15) is 4.90 Å². The monoisotopic (exact) mass is 351 g/mol. The quantitative estimate of drug-likeness (QED) is 0.901. The van der Waals surface area contributed by atoms with Crippen LogP contribution in [0.15, 0.2) is 28.0 Å². The lowest BCUT2D eigenvalue weighted by Gasteiger charge is -2.14. The minimum Gasteiger partial charge on any atom is -0.224 e. The first-order valence-corrected chi connectivity index (χ1v) is 10.4. The number of sulfone groups is 1. The SMILES string of the molecule is CC1CCC(NS(=O)(=O)c2cc(S(C)(=O)=O)ccc2Cl)C1. The molecule has 0 radical (unpaired) electrons. The number of sulfonamides is 1. The molecule has 1 N–H and O–H groups in total. The van der Waals surface area contributed by atoms with Crippen molar-refractivity contribution < 1.29 is 16.8 Å². The predicted molar refractivity (Wildman–Crippen MR) is 81.7 cm³/mol. The maximum atomic E-state index is 12.4. The highest BCUT2D eigenvalue weighted by Crippen LogP contribution is 2.29. The summed E-state index contributed by atoms with van der Waals surface area (Å²) in [5.41, 5.74) is 0. The summed E-state index contributed by atoms with van der Waals surface area (Å²) in [6, 6.07) is 3.58. The van der Waals surface area contributed by atoms with E-state index in [1.165, 1.54) is 12.1 Å². The number of nitrogens with one attached hydrogen (secondary N) is 1. The number of benzene rings is 1. The Morgan fingerprint density at radius 1 is 1.19 bits per heavy atom. The maximum Gasteiger partial charge on any atom is 0.242 e. The van der Waals surface area contributed by atoms with E-state index in [2.05, 4.69) is 11.6 Å². The molecule has 1 fully saturated rings. The van der Waals surface area contributed by atoms with Gasteiger partial charge in [-0.15, -0.1) is 0 Å². The van der Waals surface area contributed by atoms with Gasteiger partial charge in [0.15, 0.2) is 9.84 Å². The summed E-state index contributed by atoms with van der Waals surface area (Å²) < 4.78 is 50.5. The largest absolute Gasteiger partial charge is 0.242 e. The molecule has 2 rings (SSSR count). The molecule has 0 heterocycles. The topological polar surface area (TPSA) is 80.3 Å². The molecular weight excluding hydrogens is 334 g/mol. The van der Waals surface area contributed by atoms with Gasteiger partial charge in [0.05, 0.1) is 9.92 Å². The molecule has 1 saturated carbocycles. The lowest BCUT2D eigenvalue weighted by atomic mass is 10.1. The fourth-order valence-electron chi connectivity index (χ4n) is 2.52. The molecule has 21 heavy (non-hydrogen) atoms. The van der Waals surface area contributed by atoms with Gasteiger partial charge in [-0.2, -0.15) is 0 Å². The van der Waals surface area contributed by atoms with Crippen molar-refractivity contribution in [2.24, 2.45) is 5.92 Å². The van der Waals surface area contributed by atoms with Gasteiger partial charge < -0.3 is 0 Å². The van der Waals surface area contributed by atoms with Crippen LogP contribution in [0, 0.1) is 5.92 Å². The summed E-state index contributed by atoms with van der Waals surface area (Å²) in [5.74, 6) is 0.482. The highest BCUT2D eigenvalue weighted by molar-refractivity contribution is 7.91. The van der Waals surface area contributed by atoms with Crippen molar-refractivity contribution in [1.82, 2.24) is 4.72 Å². The number of halogens is 1. The third kappa shape index (κ3) is 3.97. The minimum atomic E-state index is -3.83. The van der Waals surface area contributed by atoms with E-state index < -0.39 is 19.9 Å². The molecule has 0 bridgehead atoms. The normalized spacial score (nSPS) is 23.4. The number of rotatable bonds is 4. The van der Waals surface area contributed by atoms with Gasteiger partial charge in [0, 0.05) is 12.3 Å². The highest BCUT2D eigenvalue weighted by Gasteiger charge is 2.28. The molecule has 1 aliphatic rings. The number of hydrogen-bond donors (Lipinski definition) is 1. The lowest BCUT2D eigenvalue weighted by molar-refractivity contribution is 0.538. The average molecular weight is 352 g/mol. The van der Waals surface area contributed by atoms with E-state index in [-0.39, 0.29) is 20.9 Å². The molecule has 0 amide bonds. The third-order valence-corrected chi connectivity index (χ3v) is 6.75. The molecule has 1 aromatic carbocycles. The standard InChI is InChI=1S/C13H18ClNO4S2/c1-9-3-4-10(7-9)15-21(18,19)13-8-11(20(2,16)17)5-6-12(13)14/h5-6,8-10,15H,3-4,7H2,1-2H3. The van der Waals surface area contributed by atoms with Gasteiger partial charge in [-0.1, -0.05) is 18.5 Å². The zero-order valence-electron chi connectivity index (χ0n) is 11.8. The van der Waals surface area contributed by atoms with Gasteiger partial charge >= 0.3 is 0 Å². The molecule has 1 aromatic rings. The Labute approximate surface area is 130 Å². The summed E-state index contributed by atoms with van der Waals surface area (Å²) >= 11 is 5.93. The molecule has 8 heteroatoms. The molecule has 5 nitrogen and oxygen atoms in total. The molecule has 0 spiro atoms. The highest BCUT2D eigenvalue weighted by atomic mass is 35.5. The van der Waals surface area contributed by atoms with E-state index in [1.54, 1.807) is 0 Å². The summed E-state index contributed by atoms with van der Waals surface area (Å²) in [7, 11) is -7.32. The van der Waals surface area contributed by atoms with E-state index in [0.29, 0.717) is 5.92 Å². The van der Waals surface area contributed by atoms with Crippen LogP contribution in [-0.2, 0) is 19.9 Å². The summed E-state index contributed by atoms with van der Waals surface area (Å²) in [6.45, 7) is 2.07.